The lowest BCUT2D eigenvalue weighted by Gasteiger charge is -2.09. The Morgan fingerprint density at radius 1 is 1.00 bits per heavy atom. The second-order valence-corrected chi connectivity index (χ2v) is 5.33. The number of nitrogens with one attached hydrogen (secondary N) is 1. The van der Waals surface area contributed by atoms with E-state index in [4.69, 9.17) is 5.73 Å². The highest BCUT2D eigenvalue weighted by atomic mass is 15.2. The number of hydrogen-bond donors (Lipinski definition) is 2. The van der Waals surface area contributed by atoms with Crippen LogP contribution in [0.3, 0.4) is 0 Å². The zero-order chi connectivity index (χ0) is 13.3. The molecular formula is C15H21N3. The van der Waals surface area contributed by atoms with E-state index in [1.807, 2.05) is 0 Å². The molecular weight excluding hydrogens is 222 g/mol. The molecule has 0 aliphatic rings. The van der Waals surface area contributed by atoms with Crippen molar-refractivity contribution in [2.75, 3.05) is 5.73 Å². The Kier molecular flexibility index (Phi) is 3.41. The average Bonchev–Trinajstić information content (AvgIpc) is 2.71. The van der Waals surface area contributed by atoms with Crippen molar-refractivity contribution in [1.29, 1.82) is 0 Å². The molecule has 0 amide bonds. The normalized spacial score (nSPS) is 11.4. The molecule has 1 aromatic carbocycles. The van der Waals surface area contributed by atoms with Gasteiger partial charge in [-0.15, -0.1) is 0 Å². The smallest absolute Gasteiger partial charge is 0.153 e. The predicted molar refractivity (Wildman–Crippen MR) is 76.6 cm³/mol. The molecule has 3 N–H and O–H groups in total. The van der Waals surface area contributed by atoms with Crippen molar-refractivity contribution in [1.82, 2.24) is 10.2 Å². The van der Waals surface area contributed by atoms with E-state index in [2.05, 4.69) is 62.2 Å². The second-order valence-electron chi connectivity index (χ2n) is 5.33. The van der Waals surface area contributed by atoms with Crippen LogP contribution in [0.1, 0.15) is 50.8 Å². The van der Waals surface area contributed by atoms with Gasteiger partial charge in [-0.3, -0.25) is 5.10 Å². The van der Waals surface area contributed by atoms with Gasteiger partial charge in [0.05, 0.1) is 0 Å². The molecule has 0 fully saturated rings. The summed E-state index contributed by atoms with van der Waals surface area (Å²) in [5.74, 6) is 1.51. The zero-order valence-corrected chi connectivity index (χ0v) is 11.5. The van der Waals surface area contributed by atoms with Gasteiger partial charge >= 0.3 is 0 Å². The number of anilines is 1. The highest BCUT2D eigenvalue weighted by molar-refractivity contribution is 5.76. The van der Waals surface area contributed by atoms with E-state index in [-0.39, 0.29) is 0 Å². The highest BCUT2D eigenvalue weighted by Crippen LogP contribution is 2.32. The highest BCUT2D eigenvalue weighted by Gasteiger charge is 2.15. The molecule has 0 bridgehead atoms. The van der Waals surface area contributed by atoms with Gasteiger partial charge in [0.2, 0.25) is 0 Å². The average molecular weight is 243 g/mol. The van der Waals surface area contributed by atoms with Gasteiger partial charge in [-0.25, -0.2) is 0 Å². The molecule has 0 unspecified atom stereocenters. The third-order valence-corrected chi connectivity index (χ3v) is 3.27. The number of nitrogens with two attached hydrogens (primary N) is 1. The van der Waals surface area contributed by atoms with Crippen LogP contribution >= 0.6 is 0 Å². The summed E-state index contributed by atoms with van der Waals surface area (Å²) >= 11 is 0. The molecule has 3 nitrogen and oxygen atoms in total. The van der Waals surface area contributed by atoms with Crippen LogP contribution in [0.15, 0.2) is 24.3 Å². The van der Waals surface area contributed by atoms with Crippen LogP contribution in [0.2, 0.25) is 0 Å². The Labute approximate surface area is 108 Å². The second kappa shape index (κ2) is 4.84. The summed E-state index contributed by atoms with van der Waals surface area (Å²) in [4.78, 5) is 0. The van der Waals surface area contributed by atoms with Crippen LogP contribution in [-0.2, 0) is 0 Å². The number of nitrogens with zero attached hydrogens (tertiary/aromatic N) is 1. The Bertz CT molecular complexity index is 521. The van der Waals surface area contributed by atoms with Crippen molar-refractivity contribution in [3.05, 3.63) is 35.5 Å². The first-order chi connectivity index (χ1) is 8.50. The molecule has 96 valence electrons. The minimum atomic E-state index is 0.384. The maximum atomic E-state index is 5.97. The van der Waals surface area contributed by atoms with Crippen LogP contribution in [0, 0.1) is 0 Å². The van der Waals surface area contributed by atoms with Gasteiger partial charge in [0.1, 0.15) is 0 Å². The van der Waals surface area contributed by atoms with Crippen molar-refractivity contribution in [2.24, 2.45) is 0 Å². The molecule has 0 aliphatic heterocycles. The molecule has 1 heterocycles. The topological polar surface area (TPSA) is 54.7 Å². The van der Waals surface area contributed by atoms with E-state index >= 15 is 0 Å². The number of aromatic nitrogens is 2. The third-order valence-electron chi connectivity index (χ3n) is 3.27. The van der Waals surface area contributed by atoms with Gasteiger partial charge in [-0.1, -0.05) is 52.0 Å². The monoisotopic (exact) mass is 243 g/mol. The van der Waals surface area contributed by atoms with Crippen molar-refractivity contribution >= 4 is 5.82 Å². The molecule has 0 radical (unpaired) electrons. The van der Waals surface area contributed by atoms with Crippen LogP contribution < -0.4 is 5.73 Å². The lowest BCUT2D eigenvalue weighted by Crippen LogP contribution is -1.94. The van der Waals surface area contributed by atoms with E-state index in [1.54, 1.807) is 0 Å². The molecule has 3 heteroatoms. The number of benzene rings is 1. The maximum absolute atomic E-state index is 5.97. The summed E-state index contributed by atoms with van der Waals surface area (Å²) in [6.45, 7) is 8.67. The van der Waals surface area contributed by atoms with Crippen molar-refractivity contribution in [2.45, 2.75) is 39.5 Å². The molecule has 0 atom stereocenters. The van der Waals surface area contributed by atoms with Gasteiger partial charge in [0.15, 0.2) is 5.82 Å². The van der Waals surface area contributed by atoms with Crippen LogP contribution in [0.4, 0.5) is 5.82 Å². The fourth-order valence-corrected chi connectivity index (χ4v) is 2.13. The lowest BCUT2D eigenvalue weighted by molar-refractivity contribution is 0.812. The first-order valence-corrected chi connectivity index (χ1v) is 6.44. The third kappa shape index (κ3) is 2.26. The van der Waals surface area contributed by atoms with Gasteiger partial charge in [0, 0.05) is 11.3 Å². The van der Waals surface area contributed by atoms with Crippen LogP contribution in [-0.4, -0.2) is 10.2 Å². The fourth-order valence-electron chi connectivity index (χ4n) is 2.13. The summed E-state index contributed by atoms with van der Waals surface area (Å²) in [5, 5.41) is 7.16. The number of aromatic amines is 1. The summed E-state index contributed by atoms with van der Waals surface area (Å²) in [5.41, 5.74) is 10.6. The van der Waals surface area contributed by atoms with Crippen molar-refractivity contribution in [3.63, 3.8) is 0 Å². The van der Waals surface area contributed by atoms with E-state index in [0.717, 1.165) is 16.8 Å². The molecule has 0 spiro atoms. The minimum absolute atomic E-state index is 0.384. The largest absolute Gasteiger partial charge is 0.382 e. The molecule has 18 heavy (non-hydrogen) atoms. The Hall–Kier alpha value is -1.77. The minimum Gasteiger partial charge on any atom is -0.382 e. The lowest BCUT2D eigenvalue weighted by atomic mass is 9.96. The number of hydrogen-bond acceptors (Lipinski definition) is 2. The van der Waals surface area contributed by atoms with Gasteiger partial charge < -0.3 is 5.73 Å². The Morgan fingerprint density at radius 2 is 1.61 bits per heavy atom. The molecule has 1 aromatic heterocycles. The molecule has 0 aliphatic carbocycles. The quantitative estimate of drug-likeness (QED) is 0.858. The Balaban J connectivity index is 2.45. The van der Waals surface area contributed by atoms with E-state index in [1.165, 1.54) is 5.56 Å². The molecule has 0 saturated carbocycles. The van der Waals surface area contributed by atoms with E-state index in [0.29, 0.717) is 17.7 Å². The molecule has 2 rings (SSSR count). The standard InChI is InChI=1S/C15H21N3/c1-9(2)11-5-7-12(8-6-11)13-14(10(3)4)17-18-15(13)16/h5-10H,1-4H3,(H3,16,17,18). The number of nitrogen functional groups attached to an aromatic ring is 1. The first-order valence-electron chi connectivity index (χ1n) is 6.44. The SMILES string of the molecule is CC(C)c1ccc(-c2c(N)n[nH]c2C(C)C)cc1. The maximum Gasteiger partial charge on any atom is 0.153 e. The number of H-pyrrole nitrogens is 1. The summed E-state index contributed by atoms with van der Waals surface area (Å²) in [6, 6.07) is 8.58. The van der Waals surface area contributed by atoms with Gasteiger partial charge in [-0.05, 0) is 23.0 Å². The summed E-state index contributed by atoms with van der Waals surface area (Å²) in [6.07, 6.45) is 0. The van der Waals surface area contributed by atoms with Crippen LogP contribution in [0.5, 0.6) is 0 Å². The summed E-state index contributed by atoms with van der Waals surface area (Å²) < 4.78 is 0. The van der Waals surface area contributed by atoms with Gasteiger partial charge in [0.25, 0.3) is 0 Å². The Morgan fingerprint density at radius 3 is 2.11 bits per heavy atom. The molecule has 0 saturated heterocycles. The fraction of sp³-hybridized carbons (Fsp3) is 0.400. The van der Waals surface area contributed by atoms with E-state index in [9.17, 15) is 0 Å². The first kappa shape index (κ1) is 12.7. The predicted octanol–water partition coefficient (Wildman–Crippen LogP) is 3.91. The van der Waals surface area contributed by atoms with E-state index < -0.39 is 0 Å². The van der Waals surface area contributed by atoms with Crippen molar-refractivity contribution in [3.8, 4) is 11.1 Å². The summed E-state index contributed by atoms with van der Waals surface area (Å²) in [7, 11) is 0. The van der Waals surface area contributed by atoms with Gasteiger partial charge in [-0.2, -0.15) is 5.10 Å². The zero-order valence-electron chi connectivity index (χ0n) is 11.5. The van der Waals surface area contributed by atoms with Crippen LogP contribution in [0.25, 0.3) is 11.1 Å². The number of rotatable bonds is 3. The van der Waals surface area contributed by atoms with Crippen molar-refractivity contribution < 1.29 is 0 Å². The molecule has 2 aromatic rings.